The lowest BCUT2D eigenvalue weighted by Gasteiger charge is -2.47. The maximum absolute atomic E-state index is 12.7. The highest BCUT2D eigenvalue weighted by Gasteiger charge is 2.53. The molecule has 0 aromatic rings. The third-order valence-corrected chi connectivity index (χ3v) is 3.82. The monoisotopic (exact) mass is 271 g/mol. The third kappa shape index (κ3) is 3.00. The molecule has 0 radical (unpaired) electrons. The Morgan fingerprint density at radius 2 is 2.16 bits per heavy atom. The lowest BCUT2D eigenvalue weighted by Crippen LogP contribution is -2.59. The number of rotatable bonds is 6. The smallest absolute Gasteiger partial charge is 0.236 e. The van der Waals surface area contributed by atoms with Crippen molar-refractivity contribution in [1.29, 1.82) is 0 Å². The first-order valence-electron chi connectivity index (χ1n) is 6.67. The number of carbonyl (C=O) groups is 1. The fourth-order valence-corrected chi connectivity index (χ4v) is 2.78. The van der Waals surface area contributed by atoms with Crippen molar-refractivity contribution in [3.8, 4) is 0 Å². The van der Waals surface area contributed by atoms with Gasteiger partial charge in [-0.2, -0.15) is 0 Å². The van der Waals surface area contributed by atoms with Crippen molar-refractivity contribution in [2.24, 2.45) is 22.2 Å². The van der Waals surface area contributed by atoms with Crippen molar-refractivity contribution in [3.05, 3.63) is 0 Å². The number of methoxy groups -OCH3 is 1. The third-order valence-electron chi connectivity index (χ3n) is 3.82. The van der Waals surface area contributed by atoms with Crippen LogP contribution in [0.4, 0.5) is 0 Å². The summed E-state index contributed by atoms with van der Waals surface area (Å²) in [4.78, 5) is 14.5. The van der Waals surface area contributed by atoms with Crippen LogP contribution in [0, 0.1) is 11.3 Å². The molecule has 110 valence electrons. The van der Waals surface area contributed by atoms with Gasteiger partial charge >= 0.3 is 0 Å². The minimum absolute atomic E-state index is 0.0265. The Kier molecular flexibility index (Phi) is 5.17. The van der Waals surface area contributed by atoms with Gasteiger partial charge in [-0.15, -0.1) is 0 Å². The number of oxime groups is 1. The highest BCUT2D eigenvalue weighted by molar-refractivity contribution is 6.07. The SMILES string of the molecule is COCCN(C(=O)C1(C(N)=NO)CC(C)C1)C(C)C. The van der Waals surface area contributed by atoms with Crippen molar-refractivity contribution in [2.45, 2.75) is 39.7 Å². The van der Waals surface area contributed by atoms with Gasteiger partial charge in [-0.05, 0) is 32.6 Å². The van der Waals surface area contributed by atoms with Crippen LogP contribution in [-0.4, -0.2) is 48.2 Å². The fraction of sp³-hybridized carbons (Fsp3) is 0.846. The van der Waals surface area contributed by atoms with Gasteiger partial charge in [0.05, 0.1) is 6.61 Å². The molecule has 1 rings (SSSR count). The fourth-order valence-electron chi connectivity index (χ4n) is 2.78. The zero-order chi connectivity index (χ0) is 14.6. The first kappa shape index (κ1) is 15.8. The molecule has 0 unspecified atom stereocenters. The summed E-state index contributed by atoms with van der Waals surface area (Å²) in [5, 5.41) is 12.0. The zero-order valence-corrected chi connectivity index (χ0v) is 12.2. The summed E-state index contributed by atoms with van der Waals surface area (Å²) in [6.07, 6.45) is 1.27. The molecule has 1 fully saturated rings. The lowest BCUT2D eigenvalue weighted by atomic mass is 9.61. The summed E-state index contributed by atoms with van der Waals surface area (Å²) in [7, 11) is 1.60. The molecule has 1 aliphatic rings. The maximum Gasteiger partial charge on any atom is 0.236 e. The second-order valence-electron chi connectivity index (χ2n) is 5.67. The molecule has 6 nitrogen and oxygen atoms in total. The summed E-state index contributed by atoms with van der Waals surface area (Å²) >= 11 is 0. The average molecular weight is 271 g/mol. The Morgan fingerprint density at radius 1 is 1.58 bits per heavy atom. The van der Waals surface area contributed by atoms with Crippen LogP contribution in [0.5, 0.6) is 0 Å². The van der Waals surface area contributed by atoms with Crippen LogP contribution in [0.3, 0.4) is 0 Å². The Hall–Kier alpha value is -1.30. The second kappa shape index (κ2) is 6.23. The van der Waals surface area contributed by atoms with E-state index in [1.165, 1.54) is 0 Å². The molecule has 0 heterocycles. The molecule has 0 spiro atoms. The second-order valence-corrected chi connectivity index (χ2v) is 5.67. The normalized spacial score (nSPS) is 27.2. The largest absolute Gasteiger partial charge is 0.409 e. The minimum atomic E-state index is -0.827. The zero-order valence-electron chi connectivity index (χ0n) is 12.2. The van der Waals surface area contributed by atoms with Gasteiger partial charge in [0.1, 0.15) is 5.41 Å². The van der Waals surface area contributed by atoms with Gasteiger partial charge in [-0.3, -0.25) is 4.79 Å². The van der Waals surface area contributed by atoms with E-state index in [1.807, 2.05) is 13.8 Å². The molecule has 0 atom stereocenters. The van der Waals surface area contributed by atoms with E-state index in [-0.39, 0.29) is 17.8 Å². The predicted octanol–water partition coefficient (Wildman–Crippen LogP) is 1.03. The van der Waals surface area contributed by atoms with Crippen LogP contribution in [0.15, 0.2) is 5.16 Å². The van der Waals surface area contributed by atoms with E-state index in [0.717, 1.165) is 0 Å². The summed E-state index contributed by atoms with van der Waals surface area (Å²) in [5.74, 6) is 0.382. The molecule has 0 aromatic heterocycles. The standard InChI is InChI=1S/C13H25N3O3/c1-9(2)16(5-6-19-4)12(17)13(11(14)15-18)7-10(3)8-13/h9-10,18H,5-8H2,1-4H3,(H2,14,15). The lowest BCUT2D eigenvalue weighted by molar-refractivity contribution is -0.147. The number of amidine groups is 1. The number of ether oxygens (including phenoxy) is 1. The van der Waals surface area contributed by atoms with E-state index >= 15 is 0 Å². The molecule has 0 aromatic carbocycles. The molecule has 3 N–H and O–H groups in total. The quantitative estimate of drug-likeness (QED) is 0.327. The van der Waals surface area contributed by atoms with Crippen LogP contribution in [0.25, 0.3) is 0 Å². The number of carbonyl (C=O) groups excluding carboxylic acids is 1. The Bertz CT molecular complexity index is 349. The van der Waals surface area contributed by atoms with E-state index in [2.05, 4.69) is 12.1 Å². The predicted molar refractivity (Wildman–Crippen MR) is 73.0 cm³/mol. The molecule has 0 aliphatic heterocycles. The average Bonchev–Trinajstić information content (AvgIpc) is 2.33. The van der Waals surface area contributed by atoms with E-state index in [1.54, 1.807) is 12.0 Å². The van der Waals surface area contributed by atoms with E-state index in [0.29, 0.717) is 31.9 Å². The van der Waals surface area contributed by atoms with E-state index in [4.69, 9.17) is 15.7 Å². The van der Waals surface area contributed by atoms with E-state index < -0.39 is 5.41 Å². The van der Waals surface area contributed by atoms with Gasteiger partial charge in [-0.1, -0.05) is 12.1 Å². The number of nitrogens with zero attached hydrogens (tertiary/aromatic N) is 2. The van der Waals surface area contributed by atoms with Crippen molar-refractivity contribution < 1.29 is 14.7 Å². The highest BCUT2D eigenvalue weighted by atomic mass is 16.5. The molecule has 19 heavy (non-hydrogen) atoms. The molecule has 0 bridgehead atoms. The maximum atomic E-state index is 12.7. The van der Waals surface area contributed by atoms with Gasteiger partial charge < -0.3 is 20.6 Å². The summed E-state index contributed by atoms with van der Waals surface area (Å²) in [5.41, 5.74) is 4.94. The van der Waals surface area contributed by atoms with Crippen LogP contribution >= 0.6 is 0 Å². The Labute approximate surface area is 114 Å². The molecule has 6 heteroatoms. The van der Waals surface area contributed by atoms with Crippen LogP contribution < -0.4 is 5.73 Å². The topological polar surface area (TPSA) is 88.2 Å². The first-order valence-corrected chi connectivity index (χ1v) is 6.67. The number of hydrogen-bond acceptors (Lipinski definition) is 4. The van der Waals surface area contributed by atoms with Crippen LogP contribution in [-0.2, 0) is 9.53 Å². The van der Waals surface area contributed by atoms with Crippen molar-refractivity contribution in [3.63, 3.8) is 0 Å². The first-order chi connectivity index (χ1) is 8.89. The van der Waals surface area contributed by atoms with E-state index in [9.17, 15) is 4.79 Å². The van der Waals surface area contributed by atoms with Crippen molar-refractivity contribution in [2.75, 3.05) is 20.3 Å². The molecule has 1 amide bonds. The molecular weight excluding hydrogens is 246 g/mol. The van der Waals surface area contributed by atoms with Gasteiger partial charge in [0.15, 0.2) is 5.84 Å². The number of amides is 1. The van der Waals surface area contributed by atoms with Gasteiger partial charge in [-0.25, -0.2) is 0 Å². The summed E-state index contributed by atoms with van der Waals surface area (Å²) in [6, 6.07) is 0.0573. The van der Waals surface area contributed by atoms with Gasteiger partial charge in [0.25, 0.3) is 0 Å². The molecule has 0 saturated heterocycles. The summed E-state index contributed by atoms with van der Waals surface area (Å²) in [6.45, 7) is 6.96. The van der Waals surface area contributed by atoms with Gasteiger partial charge in [0, 0.05) is 19.7 Å². The molecule has 1 saturated carbocycles. The molecular formula is C13H25N3O3. The van der Waals surface area contributed by atoms with Crippen LogP contribution in [0.2, 0.25) is 0 Å². The Balaban J connectivity index is 2.92. The number of nitrogens with two attached hydrogens (primary N) is 1. The van der Waals surface area contributed by atoms with Gasteiger partial charge in [0.2, 0.25) is 5.91 Å². The van der Waals surface area contributed by atoms with Crippen LogP contribution in [0.1, 0.15) is 33.6 Å². The molecule has 1 aliphatic carbocycles. The van der Waals surface area contributed by atoms with Crippen molar-refractivity contribution in [1.82, 2.24) is 4.90 Å². The minimum Gasteiger partial charge on any atom is -0.409 e. The summed E-state index contributed by atoms with van der Waals surface area (Å²) < 4.78 is 5.04. The highest BCUT2D eigenvalue weighted by Crippen LogP contribution is 2.47. The van der Waals surface area contributed by atoms with Crippen molar-refractivity contribution >= 4 is 11.7 Å². The number of hydrogen-bond donors (Lipinski definition) is 2. The Morgan fingerprint density at radius 3 is 2.53 bits per heavy atom.